The van der Waals surface area contributed by atoms with Gasteiger partial charge in [-0.3, -0.25) is 4.79 Å². The Labute approximate surface area is 98.0 Å². The Morgan fingerprint density at radius 3 is 2.53 bits per heavy atom. The van der Waals surface area contributed by atoms with Crippen LogP contribution in [0.3, 0.4) is 0 Å². The number of benzene rings is 1. The molecule has 15 heavy (non-hydrogen) atoms. The minimum atomic E-state index is -4.85. The molecule has 2 nitrogen and oxygen atoms in total. The Bertz CT molecular complexity index is 389. The molecule has 1 rings (SSSR count). The van der Waals surface area contributed by atoms with Crippen LogP contribution in [0.4, 0.5) is 18.9 Å². The molecule has 0 saturated heterocycles. The monoisotopic (exact) mass is 329 g/mol. The van der Waals surface area contributed by atoms with Gasteiger partial charge in [0.1, 0.15) is 0 Å². The molecular formula is C9H7F3INO. The Balaban J connectivity index is 2.91. The first-order valence-electron chi connectivity index (χ1n) is 3.95. The zero-order valence-corrected chi connectivity index (χ0v) is 9.81. The lowest BCUT2D eigenvalue weighted by molar-refractivity contribution is -0.167. The summed E-state index contributed by atoms with van der Waals surface area (Å²) in [4.78, 5) is 10.7. The molecule has 0 bridgehead atoms. The molecule has 0 radical (unpaired) electrons. The molecule has 0 aliphatic heterocycles. The highest BCUT2D eigenvalue weighted by Crippen LogP contribution is 2.24. The van der Waals surface area contributed by atoms with E-state index in [2.05, 4.69) is 0 Å². The molecule has 0 aliphatic rings. The van der Waals surface area contributed by atoms with Gasteiger partial charge in [-0.25, -0.2) is 0 Å². The Morgan fingerprint density at radius 2 is 2.00 bits per heavy atom. The quantitative estimate of drug-likeness (QED) is 0.788. The van der Waals surface area contributed by atoms with Gasteiger partial charge in [-0.05, 0) is 41.1 Å². The van der Waals surface area contributed by atoms with Crippen LogP contribution in [0.2, 0.25) is 0 Å². The zero-order valence-electron chi connectivity index (χ0n) is 7.65. The third kappa shape index (κ3) is 3.08. The number of carbonyl (C=O) groups excluding carboxylic acids is 1. The average molecular weight is 329 g/mol. The van der Waals surface area contributed by atoms with Gasteiger partial charge in [0, 0.05) is 3.57 Å². The molecule has 0 heterocycles. The van der Waals surface area contributed by atoms with Gasteiger partial charge < -0.3 is 5.32 Å². The van der Waals surface area contributed by atoms with Gasteiger partial charge in [0.25, 0.3) is 0 Å². The fraction of sp³-hybridized carbons (Fsp3) is 0.222. The number of hydrogen-bond acceptors (Lipinski definition) is 1. The maximum Gasteiger partial charge on any atom is 0.471 e. The summed E-state index contributed by atoms with van der Waals surface area (Å²) in [5.74, 6) is -1.95. The Hall–Kier alpha value is -0.790. The summed E-state index contributed by atoms with van der Waals surface area (Å²) >= 11 is 1.88. The number of anilines is 1. The summed E-state index contributed by atoms with van der Waals surface area (Å²) in [5.41, 5.74) is 0.994. The molecule has 0 spiro atoms. The van der Waals surface area contributed by atoms with Crippen LogP contribution in [0.25, 0.3) is 0 Å². The molecule has 0 aromatic heterocycles. The third-order valence-electron chi connectivity index (χ3n) is 1.70. The van der Waals surface area contributed by atoms with E-state index in [4.69, 9.17) is 0 Å². The van der Waals surface area contributed by atoms with Gasteiger partial charge in [0.05, 0.1) is 5.69 Å². The van der Waals surface area contributed by atoms with E-state index in [0.717, 1.165) is 5.56 Å². The molecule has 1 amide bonds. The lowest BCUT2D eigenvalue weighted by Crippen LogP contribution is -2.30. The van der Waals surface area contributed by atoms with Crippen molar-refractivity contribution in [3.63, 3.8) is 0 Å². The largest absolute Gasteiger partial charge is 0.471 e. The first-order valence-corrected chi connectivity index (χ1v) is 5.03. The highest BCUT2D eigenvalue weighted by atomic mass is 127. The fourth-order valence-corrected chi connectivity index (χ4v) is 1.43. The summed E-state index contributed by atoms with van der Waals surface area (Å²) in [6, 6.07) is 4.77. The van der Waals surface area contributed by atoms with Crippen LogP contribution in [0.1, 0.15) is 5.56 Å². The van der Waals surface area contributed by atoms with Gasteiger partial charge in [0.2, 0.25) is 0 Å². The van der Waals surface area contributed by atoms with Crippen molar-refractivity contribution in [1.29, 1.82) is 0 Å². The van der Waals surface area contributed by atoms with Crippen LogP contribution in [0, 0.1) is 10.5 Å². The van der Waals surface area contributed by atoms with E-state index < -0.39 is 12.1 Å². The van der Waals surface area contributed by atoms with E-state index in [9.17, 15) is 18.0 Å². The second-order valence-corrected chi connectivity index (χ2v) is 3.97. The van der Waals surface area contributed by atoms with Crippen molar-refractivity contribution < 1.29 is 18.0 Å². The summed E-state index contributed by atoms with van der Waals surface area (Å²) in [5, 5.41) is 1.82. The zero-order chi connectivity index (χ0) is 11.6. The van der Waals surface area contributed by atoms with Crippen molar-refractivity contribution in [3.8, 4) is 0 Å². The topological polar surface area (TPSA) is 29.1 Å². The fourth-order valence-electron chi connectivity index (χ4n) is 0.937. The van der Waals surface area contributed by atoms with Gasteiger partial charge in [-0.15, -0.1) is 0 Å². The molecule has 0 unspecified atom stereocenters. The van der Waals surface area contributed by atoms with Gasteiger partial charge >= 0.3 is 12.1 Å². The van der Waals surface area contributed by atoms with E-state index in [-0.39, 0.29) is 5.69 Å². The molecule has 0 atom stereocenters. The summed E-state index contributed by atoms with van der Waals surface area (Å²) in [7, 11) is 0. The molecular weight excluding hydrogens is 322 g/mol. The van der Waals surface area contributed by atoms with Gasteiger partial charge in [-0.1, -0.05) is 12.1 Å². The highest BCUT2D eigenvalue weighted by Gasteiger charge is 2.38. The van der Waals surface area contributed by atoms with Crippen molar-refractivity contribution in [1.82, 2.24) is 0 Å². The minimum Gasteiger partial charge on any atom is -0.317 e. The van der Waals surface area contributed by atoms with Crippen molar-refractivity contribution >= 4 is 34.2 Å². The summed E-state index contributed by atoms with van der Waals surface area (Å²) in [6.07, 6.45) is -4.85. The van der Waals surface area contributed by atoms with E-state index in [1.165, 1.54) is 6.07 Å². The lowest BCUT2D eigenvalue weighted by atomic mass is 10.2. The molecule has 1 aromatic carbocycles. The lowest BCUT2D eigenvalue weighted by Gasteiger charge is -2.10. The second-order valence-electron chi connectivity index (χ2n) is 2.89. The number of carbonyl (C=O) groups is 1. The standard InChI is InChI=1S/C9H7F3INO/c1-5-3-2-4-6(7(5)13)14-8(15)9(10,11)12/h2-4H,1H3,(H,14,15). The van der Waals surface area contributed by atoms with Gasteiger partial charge in [-0.2, -0.15) is 13.2 Å². The van der Waals surface area contributed by atoms with Crippen LogP contribution in [0.15, 0.2) is 18.2 Å². The molecule has 1 aromatic rings. The molecule has 0 saturated carbocycles. The van der Waals surface area contributed by atoms with Crippen LogP contribution < -0.4 is 5.32 Å². The number of nitrogens with one attached hydrogen (secondary N) is 1. The smallest absolute Gasteiger partial charge is 0.317 e. The van der Waals surface area contributed by atoms with Crippen molar-refractivity contribution in [2.24, 2.45) is 0 Å². The molecule has 6 heteroatoms. The number of amides is 1. The van der Waals surface area contributed by atoms with Crippen LogP contribution in [-0.2, 0) is 4.79 Å². The second kappa shape index (κ2) is 4.38. The molecule has 0 fully saturated rings. The number of hydrogen-bond donors (Lipinski definition) is 1. The predicted molar refractivity (Wildman–Crippen MR) is 58.6 cm³/mol. The predicted octanol–water partition coefficient (Wildman–Crippen LogP) is 3.10. The number of halogens is 4. The van der Waals surface area contributed by atoms with Crippen LogP contribution in [-0.4, -0.2) is 12.1 Å². The molecule has 1 N–H and O–H groups in total. The SMILES string of the molecule is Cc1cccc(NC(=O)C(F)(F)F)c1I. The van der Waals surface area contributed by atoms with Crippen molar-refractivity contribution in [2.45, 2.75) is 13.1 Å². The summed E-state index contributed by atoms with van der Waals surface area (Å²) < 4.78 is 36.5. The third-order valence-corrected chi connectivity index (χ3v) is 3.13. The minimum absolute atomic E-state index is 0.179. The van der Waals surface area contributed by atoms with E-state index in [1.54, 1.807) is 19.1 Å². The molecule has 0 aliphatic carbocycles. The normalized spacial score (nSPS) is 11.3. The number of rotatable bonds is 1. The van der Waals surface area contributed by atoms with Crippen LogP contribution in [0.5, 0.6) is 0 Å². The van der Waals surface area contributed by atoms with Crippen molar-refractivity contribution in [2.75, 3.05) is 5.32 Å². The Morgan fingerprint density at radius 1 is 1.40 bits per heavy atom. The maximum atomic E-state index is 12.0. The number of aryl methyl sites for hydroxylation is 1. The van der Waals surface area contributed by atoms with E-state index >= 15 is 0 Å². The highest BCUT2D eigenvalue weighted by molar-refractivity contribution is 14.1. The average Bonchev–Trinajstić information content (AvgIpc) is 2.11. The first kappa shape index (κ1) is 12.3. The first-order chi connectivity index (χ1) is 6.82. The van der Waals surface area contributed by atoms with Crippen molar-refractivity contribution in [3.05, 3.63) is 27.3 Å². The van der Waals surface area contributed by atoms with E-state index in [1.807, 2.05) is 27.9 Å². The number of alkyl halides is 3. The Kier molecular flexibility index (Phi) is 3.58. The molecule has 82 valence electrons. The van der Waals surface area contributed by atoms with Gasteiger partial charge in [0.15, 0.2) is 0 Å². The maximum absolute atomic E-state index is 12.0. The summed E-state index contributed by atoms with van der Waals surface area (Å²) in [6.45, 7) is 1.75. The van der Waals surface area contributed by atoms with Crippen LogP contribution >= 0.6 is 22.6 Å². The van der Waals surface area contributed by atoms with E-state index in [0.29, 0.717) is 3.57 Å².